The summed E-state index contributed by atoms with van der Waals surface area (Å²) in [6.07, 6.45) is 0.463. The molecule has 6 heteroatoms. The number of rotatable bonds is 5. The maximum absolute atomic E-state index is 11.1. The molecule has 0 aliphatic heterocycles. The number of carbonyl (C=O) groups excluding carboxylic acids is 1. The van der Waals surface area contributed by atoms with Crippen LogP contribution in [0.4, 0.5) is 10.8 Å². The van der Waals surface area contributed by atoms with Crippen LogP contribution in [-0.4, -0.2) is 23.4 Å². The van der Waals surface area contributed by atoms with E-state index in [4.69, 9.17) is 5.73 Å². The molecule has 1 heterocycles. The highest BCUT2D eigenvalue weighted by molar-refractivity contribution is 7.10. The number of nitrogens with two attached hydrogens (primary N) is 1. The van der Waals surface area contributed by atoms with Crippen molar-refractivity contribution < 1.29 is 4.79 Å². The number of anilines is 2. The summed E-state index contributed by atoms with van der Waals surface area (Å²) in [5.41, 5.74) is 6.55. The lowest BCUT2D eigenvalue weighted by atomic mass is 10.3. The third-order valence-corrected chi connectivity index (χ3v) is 2.89. The van der Waals surface area contributed by atoms with Crippen LogP contribution in [0, 0.1) is 6.92 Å². The van der Waals surface area contributed by atoms with Crippen LogP contribution in [-0.2, 0) is 4.79 Å². The smallest absolute Gasteiger partial charge is 0.221 e. The van der Waals surface area contributed by atoms with Crippen LogP contribution in [0.25, 0.3) is 0 Å². The topological polar surface area (TPSA) is 80.0 Å². The maximum atomic E-state index is 11.1. The molecule has 1 rings (SSSR count). The minimum atomic E-state index is 0.0557. The summed E-state index contributed by atoms with van der Waals surface area (Å²) in [5.74, 6) is 0.612. The van der Waals surface area contributed by atoms with E-state index in [0.29, 0.717) is 25.3 Å². The Morgan fingerprint density at radius 2 is 2.33 bits per heavy atom. The third-order valence-electron chi connectivity index (χ3n) is 1.97. The van der Waals surface area contributed by atoms with E-state index in [0.717, 1.165) is 10.6 Å². The van der Waals surface area contributed by atoms with Crippen molar-refractivity contribution in [2.75, 3.05) is 24.1 Å². The summed E-state index contributed by atoms with van der Waals surface area (Å²) < 4.78 is 4.01. The maximum Gasteiger partial charge on any atom is 0.221 e. The standard InChI is InChI=1S/C9H16N4OS/c1-3-11-7(14)4-5-12-9-6(2)8(10)13-15-9/h12H,3-5H2,1-2H3,(H2,10,13)(H,11,14). The zero-order valence-electron chi connectivity index (χ0n) is 8.96. The predicted molar refractivity (Wildman–Crippen MR) is 63.1 cm³/mol. The van der Waals surface area contributed by atoms with Crippen molar-refractivity contribution in [1.82, 2.24) is 9.69 Å². The molecule has 0 saturated carbocycles. The average Bonchev–Trinajstić information content (AvgIpc) is 2.50. The molecule has 0 unspecified atom stereocenters. The first-order valence-corrected chi connectivity index (χ1v) is 5.64. The molecule has 84 valence electrons. The second-order valence-corrected chi connectivity index (χ2v) is 3.93. The van der Waals surface area contributed by atoms with Gasteiger partial charge in [-0.15, -0.1) is 0 Å². The molecule has 0 spiro atoms. The van der Waals surface area contributed by atoms with Gasteiger partial charge < -0.3 is 16.4 Å². The fraction of sp³-hybridized carbons (Fsp3) is 0.556. The molecule has 5 nitrogen and oxygen atoms in total. The molecule has 0 radical (unpaired) electrons. The van der Waals surface area contributed by atoms with E-state index in [1.54, 1.807) is 0 Å². The quantitative estimate of drug-likeness (QED) is 0.701. The Kier molecular flexibility index (Phi) is 4.36. The first kappa shape index (κ1) is 11.8. The van der Waals surface area contributed by atoms with Gasteiger partial charge in [0, 0.05) is 25.1 Å². The Bertz CT molecular complexity index is 337. The van der Waals surface area contributed by atoms with Gasteiger partial charge in [0.05, 0.1) is 0 Å². The molecule has 1 amide bonds. The first-order valence-electron chi connectivity index (χ1n) is 4.87. The fourth-order valence-corrected chi connectivity index (χ4v) is 1.82. The lowest BCUT2D eigenvalue weighted by Gasteiger charge is -2.04. The summed E-state index contributed by atoms with van der Waals surface area (Å²) >= 11 is 1.32. The monoisotopic (exact) mass is 228 g/mol. The van der Waals surface area contributed by atoms with Crippen molar-refractivity contribution in [3.05, 3.63) is 5.56 Å². The van der Waals surface area contributed by atoms with E-state index in [1.807, 2.05) is 13.8 Å². The number of amides is 1. The fourth-order valence-electron chi connectivity index (χ4n) is 1.09. The van der Waals surface area contributed by atoms with Crippen LogP contribution in [0.5, 0.6) is 0 Å². The number of nitrogens with zero attached hydrogens (tertiary/aromatic N) is 1. The highest BCUT2D eigenvalue weighted by Crippen LogP contribution is 2.24. The van der Waals surface area contributed by atoms with E-state index in [1.165, 1.54) is 11.5 Å². The molecule has 1 aromatic heterocycles. The van der Waals surface area contributed by atoms with Gasteiger partial charge in [0.25, 0.3) is 0 Å². The highest BCUT2D eigenvalue weighted by atomic mass is 32.1. The summed E-state index contributed by atoms with van der Waals surface area (Å²) in [7, 11) is 0. The average molecular weight is 228 g/mol. The molecule has 0 atom stereocenters. The Morgan fingerprint density at radius 3 is 2.87 bits per heavy atom. The molecule has 0 fully saturated rings. The van der Waals surface area contributed by atoms with Gasteiger partial charge in [-0.2, -0.15) is 4.37 Å². The van der Waals surface area contributed by atoms with Crippen molar-refractivity contribution in [2.24, 2.45) is 0 Å². The lowest BCUT2D eigenvalue weighted by Crippen LogP contribution is -2.24. The van der Waals surface area contributed by atoms with E-state index < -0.39 is 0 Å². The van der Waals surface area contributed by atoms with Gasteiger partial charge in [0.15, 0.2) is 0 Å². The van der Waals surface area contributed by atoms with Gasteiger partial charge in [-0.3, -0.25) is 4.79 Å². The van der Waals surface area contributed by atoms with Crippen LogP contribution in [0.2, 0.25) is 0 Å². The molecule has 1 aromatic rings. The van der Waals surface area contributed by atoms with Gasteiger partial charge in [0.2, 0.25) is 5.91 Å². The van der Waals surface area contributed by atoms with E-state index >= 15 is 0 Å². The normalized spacial score (nSPS) is 10.0. The summed E-state index contributed by atoms with van der Waals surface area (Å²) in [6, 6.07) is 0. The van der Waals surface area contributed by atoms with Gasteiger partial charge in [-0.1, -0.05) is 0 Å². The summed E-state index contributed by atoms with van der Waals surface area (Å²) in [4.78, 5) is 11.1. The van der Waals surface area contributed by atoms with E-state index in [2.05, 4.69) is 15.0 Å². The number of carbonyl (C=O) groups is 1. The van der Waals surface area contributed by atoms with Gasteiger partial charge in [-0.05, 0) is 25.4 Å². The van der Waals surface area contributed by atoms with Crippen molar-refractivity contribution in [3.63, 3.8) is 0 Å². The van der Waals surface area contributed by atoms with Gasteiger partial charge >= 0.3 is 0 Å². The van der Waals surface area contributed by atoms with Crippen LogP contribution in [0.3, 0.4) is 0 Å². The lowest BCUT2D eigenvalue weighted by molar-refractivity contribution is -0.120. The molecule has 0 saturated heterocycles. The second kappa shape index (κ2) is 5.55. The van der Waals surface area contributed by atoms with Crippen LogP contribution < -0.4 is 16.4 Å². The van der Waals surface area contributed by atoms with E-state index in [-0.39, 0.29) is 5.91 Å². The molecular weight excluding hydrogens is 212 g/mol. The molecule has 0 aromatic carbocycles. The van der Waals surface area contributed by atoms with E-state index in [9.17, 15) is 4.79 Å². The van der Waals surface area contributed by atoms with Crippen molar-refractivity contribution in [3.8, 4) is 0 Å². The minimum absolute atomic E-state index is 0.0557. The number of hydrogen-bond acceptors (Lipinski definition) is 5. The van der Waals surface area contributed by atoms with Crippen molar-refractivity contribution in [1.29, 1.82) is 0 Å². The van der Waals surface area contributed by atoms with Gasteiger partial charge in [-0.25, -0.2) is 0 Å². The Labute approximate surface area is 93.2 Å². The third kappa shape index (κ3) is 3.39. The Balaban J connectivity index is 2.32. The van der Waals surface area contributed by atoms with Crippen molar-refractivity contribution >= 4 is 28.3 Å². The van der Waals surface area contributed by atoms with Crippen LogP contribution in [0.15, 0.2) is 0 Å². The molecule has 0 bridgehead atoms. The number of hydrogen-bond donors (Lipinski definition) is 3. The van der Waals surface area contributed by atoms with Crippen LogP contribution in [0.1, 0.15) is 18.9 Å². The molecule has 0 aliphatic carbocycles. The molecular formula is C9H16N4OS. The summed E-state index contributed by atoms with van der Waals surface area (Å²) in [6.45, 7) is 5.09. The Morgan fingerprint density at radius 1 is 1.60 bits per heavy atom. The number of aromatic nitrogens is 1. The highest BCUT2D eigenvalue weighted by Gasteiger charge is 2.06. The summed E-state index contributed by atoms with van der Waals surface area (Å²) in [5, 5.41) is 6.82. The largest absolute Gasteiger partial charge is 0.383 e. The first-order chi connectivity index (χ1) is 7.15. The van der Waals surface area contributed by atoms with Gasteiger partial charge in [0.1, 0.15) is 10.8 Å². The Hall–Kier alpha value is -1.30. The minimum Gasteiger partial charge on any atom is -0.383 e. The number of nitrogens with one attached hydrogen (secondary N) is 2. The van der Waals surface area contributed by atoms with Crippen molar-refractivity contribution in [2.45, 2.75) is 20.3 Å². The molecule has 15 heavy (non-hydrogen) atoms. The second-order valence-electron chi connectivity index (χ2n) is 3.15. The zero-order valence-corrected chi connectivity index (χ0v) is 9.78. The SMILES string of the molecule is CCNC(=O)CCNc1snc(N)c1C. The molecule has 4 N–H and O–H groups in total. The number of nitrogen functional groups attached to an aromatic ring is 1. The van der Waals surface area contributed by atoms with Crippen LogP contribution >= 0.6 is 11.5 Å². The predicted octanol–water partition coefficient (Wildman–Crippen LogP) is 0.972. The zero-order chi connectivity index (χ0) is 11.3. The molecule has 0 aliphatic rings.